The first-order chi connectivity index (χ1) is 15.4. The molecule has 1 atom stereocenters. The van der Waals surface area contributed by atoms with Crippen molar-refractivity contribution in [1.82, 2.24) is 9.88 Å². The number of pyridine rings is 1. The number of hydrogen-bond donors (Lipinski definition) is 0. The fourth-order valence-corrected chi connectivity index (χ4v) is 4.39. The Hall–Kier alpha value is -2.55. The molecule has 170 valence electrons. The van der Waals surface area contributed by atoms with Crippen LogP contribution in [0.25, 0.3) is 0 Å². The summed E-state index contributed by atoms with van der Waals surface area (Å²) in [5, 5.41) is 0.979. The maximum absolute atomic E-state index is 13.0. The van der Waals surface area contributed by atoms with E-state index in [1.165, 1.54) is 0 Å². The number of carbonyl (C=O) groups excluding carboxylic acids is 2. The number of carbonyl (C=O) groups is 2. The van der Waals surface area contributed by atoms with E-state index >= 15 is 0 Å². The number of anilines is 2. The Balaban J connectivity index is 1.40. The molecule has 0 saturated carbocycles. The largest absolute Gasteiger partial charge is 0.447 e. The lowest BCUT2D eigenvalue weighted by Crippen LogP contribution is -2.49. The summed E-state index contributed by atoms with van der Waals surface area (Å²) >= 11 is 12.5. The number of amides is 2. The van der Waals surface area contributed by atoms with Crippen molar-refractivity contribution < 1.29 is 19.1 Å². The van der Waals surface area contributed by atoms with Gasteiger partial charge in [-0.25, -0.2) is 9.78 Å². The molecule has 10 heteroatoms. The Labute approximate surface area is 196 Å². The molecule has 0 unspecified atom stereocenters. The predicted molar refractivity (Wildman–Crippen MR) is 123 cm³/mol. The molecular formula is C22H24Cl2N4O4. The van der Waals surface area contributed by atoms with E-state index in [4.69, 9.17) is 32.7 Å². The molecule has 0 radical (unpaired) electrons. The van der Waals surface area contributed by atoms with Gasteiger partial charge >= 0.3 is 6.09 Å². The SMILES string of the molecule is COC[C@@H]1COC(=O)N1c1ccc(C(=O)N2CCN(c3nc(Cl)c(C)cc3Cl)CC2)cc1. The number of halogens is 2. The molecule has 0 N–H and O–H groups in total. The summed E-state index contributed by atoms with van der Waals surface area (Å²) in [6.07, 6.45) is -0.411. The van der Waals surface area contributed by atoms with E-state index in [0.717, 1.165) is 5.56 Å². The third-order valence-corrected chi connectivity index (χ3v) is 6.33. The van der Waals surface area contributed by atoms with E-state index in [1.807, 2.05) is 11.8 Å². The zero-order valence-electron chi connectivity index (χ0n) is 17.9. The highest BCUT2D eigenvalue weighted by atomic mass is 35.5. The summed E-state index contributed by atoms with van der Waals surface area (Å²) in [6, 6.07) is 8.61. The van der Waals surface area contributed by atoms with E-state index in [1.54, 1.807) is 47.2 Å². The van der Waals surface area contributed by atoms with Crippen LogP contribution in [-0.4, -0.2) is 74.4 Å². The van der Waals surface area contributed by atoms with Crippen LogP contribution in [0.15, 0.2) is 30.3 Å². The highest BCUT2D eigenvalue weighted by Crippen LogP contribution is 2.29. The third kappa shape index (κ3) is 4.48. The third-order valence-electron chi connectivity index (χ3n) is 5.67. The summed E-state index contributed by atoms with van der Waals surface area (Å²) < 4.78 is 10.3. The molecule has 2 aromatic rings. The maximum atomic E-state index is 13.0. The number of aryl methyl sites for hydroxylation is 1. The van der Waals surface area contributed by atoms with Gasteiger partial charge in [0.15, 0.2) is 0 Å². The first-order valence-corrected chi connectivity index (χ1v) is 11.1. The number of ether oxygens (including phenoxy) is 2. The van der Waals surface area contributed by atoms with Gasteiger partial charge in [0.25, 0.3) is 5.91 Å². The number of piperazine rings is 1. The van der Waals surface area contributed by atoms with Gasteiger partial charge in [0.2, 0.25) is 0 Å². The van der Waals surface area contributed by atoms with E-state index in [9.17, 15) is 9.59 Å². The van der Waals surface area contributed by atoms with Crippen molar-refractivity contribution in [2.24, 2.45) is 0 Å². The van der Waals surface area contributed by atoms with Crippen molar-refractivity contribution in [3.05, 3.63) is 51.6 Å². The van der Waals surface area contributed by atoms with E-state index < -0.39 is 6.09 Å². The quantitative estimate of drug-likeness (QED) is 0.610. The molecule has 2 amide bonds. The summed E-state index contributed by atoms with van der Waals surface area (Å²) in [4.78, 5) is 34.9. The van der Waals surface area contributed by atoms with Crippen LogP contribution in [0.4, 0.5) is 16.3 Å². The number of methoxy groups -OCH3 is 1. The van der Waals surface area contributed by atoms with E-state index in [0.29, 0.717) is 60.0 Å². The molecule has 1 aromatic carbocycles. The number of nitrogens with zero attached hydrogens (tertiary/aromatic N) is 4. The molecular weight excluding hydrogens is 455 g/mol. The first-order valence-electron chi connectivity index (χ1n) is 10.3. The predicted octanol–water partition coefficient (Wildman–Crippen LogP) is 3.63. The highest BCUT2D eigenvalue weighted by Gasteiger charge is 2.34. The number of aromatic nitrogens is 1. The second-order valence-corrected chi connectivity index (χ2v) is 8.55. The van der Waals surface area contributed by atoms with Gasteiger partial charge in [0.05, 0.1) is 17.7 Å². The summed E-state index contributed by atoms with van der Waals surface area (Å²) in [6.45, 7) is 4.81. The lowest BCUT2D eigenvalue weighted by atomic mass is 10.1. The van der Waals surface area contributed by atoms with Crippen LogP contribution in [0.2, 0.25) is 10.2 Å². The highest BCUT2D eigenvalue weighted by molar-refractivity contribution is 6.34. The lowest BCUT2D eigenvalue weighted by molar-refractivity contribution is 0.0746. The van der Waals surface area contributed by atoms with Crippen molar-refractivity contribution in [3.8, 4) is 0 Å². The Morgan fingerprint density at radius 1 is 1.19 bits per heavy atom. The first kappa shape index (κ1) is 22.6. The van der Waals surface area contributed by atoms with Crippen LogP contribution in [-0.2, 0) is 9.47 Å². The molecule has 8 nitrogen and oxygen atoms in total. The fraction of sp³-hybridized carbons (Fsp3) is 0.409. The average Bonchev–Trinajstić information content (AvgIpc) is 3.16. The Morgan fingerprint density at radius 3 is 2.53 bits per heavy atom. The van der Waals surface area contributed by atoms with Gasteiger partial charge in [-0.05, 0) is 42.8 Å². The molecule has 0 spiro atoms. The monoisotopic (exact) mass is 478 g/mol. The lowest BCUT2D eigenvalue weighted by Gasteiger charge is -2.36. The van der Waals surface area contributed by atoms with Gasteiger partial charge in [-0.3, -0.25) is 9.69 Å². The van der Waals surface area contributed by atoms with Crippen LogP contribution in [0.3, 0.4) is 0 Å². The molecule has 0 aliphatic carbocycles. The minimum Gasteiger partial charge on any atom is -0.447 e. The smallest absolute Gasteiger partial charge is 0.414 e. The minimum absolute atomic E-state index is 0.0605. The zero-order chi connectivity index (χ0) is 22.8. The second-order valence-electron chi connectivity index (χ2n) is 7.78. The fourth-order valence-electron chi connectivity index (χ4n) is 3.93. The molecule has 1 aromatic heterocycles. The normalized spacial score (nSPS) is 18.8. The van der Waals surface area contributed by atoms with Gasteiger partial charge in [0, 0.05) is 44.5 Å². The molecule has 2 aliphatic heterocycles. The molecule has 4 rings (SSSR count). The van der Waals surface area contributed by atoms with Crippen LogP contribution < -0.4 is 9.80 Å². The Morgan fingerprint density at radius 2 is 1.88 bits per heavy atom. The number of cyclic esters (lactones) is 1. The summed E-state index contributed by atoms with van der Waals surface area (Å²) in [5.41, 5.74) is 2.06. The second kappa shape index (κ2) is 9.52. The summed E-state index contributed by atoms with van der Waals surface area (Å²) in [5.74, 6) is 0.580. The number of rotatable bonds is 5. The maximum Gasteiger partial charge on any atom is 0.414 e. The molecule has 3 heterocycles. The average molecular weight is 479 g/mol. The van der Waals surface area contributed by atoms with Crippen molar-refractivity contribution in [2.75, 3.05) is 56.3 Å². The molecule has 2 saturated heterocycles. The summed E-state index contributed by atoms with van der Waals surface area (Å²) in [7, 11) is 1.58. The zero-order valence-corrected chi connectivity index (χ0v) is 19.4. The van der Waals surface area contributed by atoms with Crippen LogP contribution in [0.1, 0.15) is 15.9 Å². The van der Waals surface area contributed by atoms with Crippen LogP contribution in [0.5, 0.6) is 0 Å². The van der Waals surface area contributed by atoms with Gasteiger partial charge in [0.1, 0.15) is 17.6 Å². The van der Waals surface area contributed by atoms with Crippen molar-refractivity contribution in [2.45, 2.75) is 13.0 Å². The minimum atomic E-state index is -0.411. The molecule has 2 fully saturated rings. The molecule has 0 bridgehead atoms. The number of hydrogen-bond acceptors (Lipinski definition) is 6. The van der Waals surface area contributed by atoms with Crippen LogP contribution in [0, 0.1) is 6.92 Å². The van der Waals surface area contributed by atoms with Gasteiger partial charge in [-0.15, -0.1) is 0 Å². The standard InChI is InChI=1S/C22H24Cl2N4O4/c1-14-11-18(23)20(25-19(14)24)26-7-9-27(10-8-26)21(29)15-3-5-16(6-4-15)28-17(12-31-2)13-32-22(28)30/h3-6,11,17H,7-10,12-13H2,1-2H3/t17-/m1/s1. The Kier molecular flexibility index (Phi) is 6.74. The van der Waals surface area contributed by atoms with Gasteiger partial charge in [-0.2, -0.15) is 0 Å². The topological polar surface area (TPSA) is 75.2 Å². The van der Waals surface area contributed by atoms with Crippen molar-refractivity contribution in [1.29, 1.82) is 0 Å². The van der Waals surface area contributed by atoms with E-state index in [-0.39, 0.29) is 18.6 Å². The van der Waals surface area contributed by atoms with E-state index in [2.05, 4.69) is 4.98 Å². The van der Waals surface area contributed by atoms with Gasteiger partial charge < -0.3 is 19.3 Å². The van der Waals surface area contributed by atoms with Crippen molar-refractivity contribution >= 4 is 46.7 Å². The number of benzene rings is 1. The van der Waals surface area contributed by atoms with Gasteiger partial charge in [-0.1, -0.05) is 23.2 Å². The van der Waals surface area contributed by atoms with Crippen LogP contribution >= 0.6 is 23.2 Å². The van der Waals surface area contributed by atoms with Crippen molar-refractivity contribution in [3.63, 3.8) is 0 Å². The molecule has 32 heavy (non-hydrogen) atoms. The molecule has 2 aliphatic rings. The Bertz CT molecular complexity index is 1010.